The minimum atomic E-state index is -0.541. The Morgan fingerprint density at radius 3 is 2.50 bits per heavy atom. The van der Waals surface area contributed by atoms with Crippen LogP contribution in [0.25, 0.3) is 16.8 Å². The molecule has 28 heavy (non-hydrogen) atoms. The molecule has 0 aliphatic rings. The molecule has 0 saturated carbocycles. The lowest BCUT2D eigenvalue weighted by Crippen LogP contribution is -2.17. The van der Waals surface area contributed by atoms with Crippen molar-refractivity contribution < 1.29 is 9.18 Å². The summed E-state index contributed by atoms with van der Waals surface area (Å²) in [6, 6.07) is 12.8. The molecular formula is C21H16Cl2FN3O. The second kappa shape index (κ2) is 8.00. The molecule has 0 aliphatic carbocycles. The average molecular weight is 416 g/mol. The van der Waals surface area contributed by atoms with E-state index in [2.05, 4.69) is 11.6 Å². The summed E-state index contributed by atoms with van der Waals surface area (Å²) >= 11 is 12.4. The van der Waals surface area contributed by atoms with E-state index >= 15 is 0 Å². The first kappa shape index (κ1) is 19.9. The molecule has 3 rings (SSSR count). The minimum Gasteiger partial charge on any atom is -0.366 e. The fourth-order valence-electron chi connectivity index (χ4n) is 2.72. The van der Waals surface area contributed by atoms with Crippen molar-refractivity contribution in [3.05, 3.63) is 88.3 Å². The fourth-order valence-corrected chi connectivity index (χ4v) is 3.22. The Morgan fingerprint density at radius 2 is 1.89 bits per heavy atom. The van der Waals surface area contributed by atoms with Crippen LogP contribution >= 0.6 is 23.2 Å². The van der Waals surface area contributed by atoms with Crippen molar-refractivity contribution >= 4 is 40.6 Å². The van der Waals surface area contributed by atoms with Crippen LogP contribution in [0.3, 0.4) is 0 Å². The molecule has 0 unspecified atom stereocenters. The van der Waals surface area contributed by atoms with Crippen LogP contribution < -0.4 is 10.6 Å². The highest BCUT2D eigenvalue weighted by molar-refractivity contribution is 6.33. The number of amides is 1. The van der Waals surface area contributed by atoms with Gasteiger partial charge in [-0.2, -0.15) is 0 Å². The number of pyridine rings is 1. The molecule has 2 N–H and O–H groups in total. The average Bonchev–Trinajstić information content (AvgIpc) is 2.67. The van der Waals surface area contributed by atoms with Crippen molar-refractivity contribution in [2.24, 2.45) is 5.73 Å². The van der Waals surface area contributed by atoms with Gasteiger partial charge in [-0.15, -0.1) is 0 Å². The Labute approximate surface area is 172 Å². The summed E-state index contributed by atoms with van der Waals surface area (Å²) in [7, 11) is 1.72. The Hall–Kier alpha value is -2.89. The quantitative estimate of drug-likeness (QED) is 0.606. The number of nitrogens with zero attached hydrogens (tertiary/aromatic N) is 2. The van der Waals surface area contributed by atoms with Gasteiger partial charge in [-0.1, -0.05) is 35.8 Å². The first-order valence-electron chi connectivity index (χ1n) is 8.22. The third-order valence-corrected chi connectivity index (χ3v) is 4.95. The molecule has 2 aromatic carbocycles. The number of hydrogen-bond acceptors (Lipinski definition) is 3. The van der Waals surface area contributed by atoms with E-state index in [0.717, 1.165) is 0 Å². The largest absolute Gasteiger partial charge is 0.366 e. The molecule has 142 valence electrons. The Morgan fingerprint density at radius 1 is 1.14 bits per heavy atom. The molecule has 1 heterocycles. The van der Waals surface area contributed by atoms with Crippen LogP contribution in [0.15, 0.2) is 61.3 Å². The molecule has 3 aromatic rings. The lowest BCUT2D eigenvalue weighted by Gasteiger charge is -2.22. The predicted molar refractivity (Wildman–Crippen MR) is 112 cm³/mol. The van der Waals surface area contributed by atoms with Gasteiger partial charge in [-0.05, 0) is 42.5 Å². The van der Waals surface area contributed by atoms with E-state index in [1.807, 2.05) is 0 Å². The van der Waals surface area contributed by atoms with Crippen molar-refractivity contribution in [1.82, 2.24) is 4.98 Å². The molecule has 0 aliphatic heterocycles. The normalized spacial score (nSPS) is 10.6. The van der Waals surface area contributed by atoms with Crippen molar-refractivity contribution in [3.8, 4) is 11.1 Å². The highest BCUT2D eigenvalue weighted by Crippen LogP contribution is 2.32. The molecule has 0 atom stereocenters. The van der Waals surface area contributed by atoms with Crippen molar-refractivity contribution in [1.29, 1.82) is 0 Å². The van der Waals surface area contributed by atoms with E-state index < -0.39 is 11.7 Å². The maximum Gasteiger partial charge on any atom is 0.248 e. The molecule has 0 spiro atoms. The van der Waals surface area contributed by atoms with Gasteiger partial charge in [0.05, 0.1) is 10.6 Å². The molecule has 1 aromatic heterocycles. The number of anilines is 1. The monoisotopic (exact) mass is 415 g/mol. The smallest absolute Gasteiger partial charge is 0.248 e. The molecule has 0 bridgehead atoms. The SMILES string of the molecule is C=C(c1c(F)cccc1Cl)N(C)c1ccc(-c2cc(C(N)=O)ccc2Cl)cn1. The number of nitrogens with two attached hydrogens (primary N) is 1. The van der Waals surface area contributed by atoms with Crippen LogP contribution in [0.5, 0.6) is 0 Å². The summed E-state index contributed by atoms with van der Waals surface area (Å²) in [5.41, 5.74) is 7.61. The van der Waals surface area contributed by atoms with E-state index in [1.165, 1.54) is 12.1 Å². The van der Waals surface area contributed by atoms with E-state index in [-0.39, 0.29) is 10.6 Å². The fraction of sp³-hybridized carbons (Fsp3) is 0.0476. The van der Waals surface area contributed by atoms with Crippen LogP contribution in [-0.4, -0.2) is 17.9 Å². The van der Waals surface area contributed by atoms with Crippen LogP contribution in [0.4, 0.5) is 10.2 Å². The molecule has 0 saturated heterocycles. The third kappa shape index (κ3) is 3.86. The second-order valence-electron chi connectivity index (χ2n) is 6.07. The number of carbonyl (C=O) groups is 1. The maximum atomic E-state index is 14.2. The summed E-state index contributed by atoms with van der Waals surface area (Å²) < 4.78 is 14.2. The molecule has 0 radical (unpaired) electrons. The standard InChI is InChI=1S/C21H16Cl2FN3O/c1-12(20-17(23)4-3-5-18(20)24)27(2)19-9-7-14(11-26-19)15-10-13(21(25)28)6-8-16(15)22/h3-11H,1H2,2H3,(H2,25,28). The zero-order chi connectivity index (χ0) is 20.4. The number of halogens is 3. The molecule has 7 heteroatoms. The zero-order valence-electron chi connectivity index (χ0n) is 14.9. The van der Waals surface area contributed by atoms with Gasteiger partial charge < -0.3 is 10.6 Å². The lowest BCUT2D eigenvalue weighted by atomic mass is 10.0. The number of aromatic nitrogens is 1. The van der Waals surface area contributed by atoms with Gasteiger partial charge in [0.15, 0.2) is 0 Å². The van der Waals surface area contributed by atoms with Crippen LogP contribution in [0.1, 0.15) is 15.9 Å². The minimum absolute atomic E-state index is 0.217. The van der Waals surface area contributed by atoms with Crippen molar-refractivity contribution in [2.45, 2.75) is 0 Å². The summed E-state index contributed by atoms with van der Waals surface area (Å²) in [5, 5.41) is 0.735. The van der Waals surface area contributed by atoms with Gasteiger partial charge in [-0.25, -0.2) is 9.37 Å². The molecule has 4 nitrogen and oxygen atoms in total. The zero-order valence-corrected chi connectivity index (χ0v) is 16.4. The van der Waals surface area contributed by atoms with Crippen LogP contribution in [-0.2, 0) is 0 Å². The number of benzene rings is 2. The van der Waals surface area contributed by atoms with Gasteiger partial charge in [-0.3, -0.25) is 4.79 Å². The summed E-state index contributed by atoms with van der Waals surface area (Å²) in [6.07, 6.45) is 1.61. The van der Waals surface area contributed by atoms with Gasteiger partial charge in [0.2, 0.25) is 5.91 Å². The highest BCUT2D eigenvalue weighted by atomic mass is 35.5. The molecular weight excluding hydrogens is 400 g/mol. The van der Waals surface area contributed by atoms with Gasteiger partial charge >= 0.3 is 0 Å². The first-order chi connectivity index (χ1) is 13.3. The lowest BCUT2D eigenvalue weighted by molar-refractivity contribution is 0.100. The Kier molecular flexibility index (Phi) is 5.68. The number of primary amides is 1. The molecule has 1 amide bonds. The number of rotatable bonds is 5. The summed E-state index contributed by atoms with van der Waals surface area (Å²) in [6.45, 7) is 3.94. The summed E-state index contributed by atoms with van der Waals surface area (Å²) in [4.78, 5) is 17.4. The number of hydrogen-bond donors (Lipinski definition) is 1. The highest BCUT2D eigenvalue weighted by Gasteiger charge is 2.16. The van der Waals surface area contributed by atoms with Crippen LogP contribution in [0.2, 0.25) is 10.0 Å². The van der Waals surface area contributed by atoms with E-state index in [9.17, 15) is 9.18 Å². The van der Waals surface area contributed by atoms with E-state index in [1.54, 1.807) is 54.5 Å². The van der Waals surface area contributed by atoms with Gasteiger partial charge in [0.25, 0.3) is 0 Å². The van der Waals surface area contributed by atoms with Crippen molar-refractivity contribution in [3.63, 3.8) is 0 Å². The topological polar surface area (TPSA) is 59.2 Å². The van der Waals surface area contributed by atoms with Gasteiger partial charge in [0.1, 0.15) is 11.6 Å². The first-order valence-corrected chi connectivity index (χ1v) is 8.98. The van der Waals surface area contributed by atoms with Crippen LogP contribution in [0, 0.1) is 5.82 Å². The maximum absolute atomic E-state index is 14.2. The third-order valence-electron chi connectivity index (χ3n) is 4.31. The molecule has 0 fully saturated rings. The van der Waals surface area contributed by atoms with E-state index in [4.69, 9.17) is 28.9 Å². The Balaban J connectivity index is 1.92. The Bertz CT molecular complexity index is 1050. The second-order valence-corrected chi connectivity index (χ2v) is 6.88. The van der Waals surface area contributed by atoms with E-state index in [0.29, 0.717) is 33.2 Å². The number of carbonyl (C=O) groups excluding carboxylic acids is 1. The predicted octanol–water partition coefficient (Wildman–Crippen LogP) is 5.40. The summed E-state index contributed by atoms with van der Waals surface area (Å²) in [5.74, 6) is -0.466. The van der Waals surface area contributed by atoms with Crippen molar-refractivity contribution in [2.75, 3.05) is 11.9 Å². The van der Waals surface area contributed by atoms with Gasteiger partial charge in [0, 0.05) is 40.7 Å².